The number of esters is 1. The Balaban J connectivity index is 1.79. The Bertz CT molecular complexity index is 1190. The summed E-state index contributed by atoms with van der Waals surface area (Å²) < 4.78 is 21.4. The number of benzene rings is 3. The number of aromatic nitrogens is 1. The molecule has 0 radical (unpaired) electrons. The normalized spacial score (nSPS) is 11.0. The Kier molecular flexibility index (Phi) is 4.49. The van der Waals surface area contributed by atoms with Crippen molar-refractivity contribution in [1.29, 1.82) is 0 Å². The van der Waals surface area contributed by atoms with Crippen LogP contribution in [0.2, 0.25) is 0 Å². The van der Waals surface area contributed by atoms with Crippen molar-refractivity contribution < 1.29 is 13.9 Å². The van der Waals surface area contributed by atoms with Crippen LogP contribution in [0.5, 0.6) is 5.75 Å². The van der Waals surface area contributed by atoms with Gasteiger partial charge in [0.25, 0.3) is 0 Å². The molecule has 0 saturated heterocycles. The monoisotopic (exact) mass is 425 g/mol. The average Bonchev–Trinajstić information content (AvgIpc) is 2.67. The molecule has 1 aromatic heterocycles. The number of fused-ring (bicyclic) bond motifs is 2. The van der Waals surface area contributed by atoms with Gasteiger partial charge >= 0.3 is 5.97 Å². The van der Waals surface area contributed by atoms with Crippen LogP contribution in [0.15, 0.2) is 76.0 Å². The molecule has 0 unspecified atom stereocenters. The van der Waals surface area contributed by atoms with E-state index >= 15 is 0 Å². The third-order valence-corrected chi connectivity index (χ3v) is 4.78. The molecule has 27 heavy (non-hydrogen) atoms. The summed E-state index contributed by atoms with van der Waals surface area (Å²) in [5.74, 6) is -1.40. The highest BCUT2D eigenvalue weighted by Crippen LogP contribution is 2.23. The summed E-state index contributed by atoms with van der Waals surface area (Å²) >= 11 is 3.16. The summed E-state index contributed by atoms with van der Waals surface area (Å²) in [5.41, 5.74) is 1.15. The van der Waals surface area contributed by atoms with Crippen molar-refractivity contribution in [2.24, 2.45) is 0 Å². The third-order valence-electron chi connectivity index (χ3n) is 4.28. The van der Waals surface area contributed by atoms with Gasteiger partial charge in [-0.25, -0.2) is 9.18 Å². The Hall–Kier alpha value is -2.99. The fourth-order valence-corrected chi connectivity index (χ4v) is 3.42. The maximum atomic E-state index is 14.0. The predicted octanol–water partition coefficient (Wildman–Crippen LogP) is 4.66. The molecule has 4 nitrogen and oxygen atoms in total. The first kappa shape index (κ1) is 17.4. The van der Waals surface area contributed by atoms with Crippen molar-refractivity contribution in [1.82, 2.24) is 4.57 Å². The van der Waals surface area contributed by atoms with E-state index in [9.17, 15) is 14.0 Å². The third kappa shape index (κ3) is 3.24. The van der Waals surface area contributed by atoms with E-state index in [1.807, 2.05) is 0 Å². The van der Waals surface area contributed by atoms with E-state index in [1.165, 1.54) is 12.1 Å². The number of halogens is 2. The fraction of sp³-hybridized carbons (Fsp3) is 0.0476. The molecule has 0 atom stereocenters. The molecule has 4 aromatic rings. The smallest absolute Gasteiger partial charge is 0.331 e. The van der Waals surface area contributed by atoms with Crippen LogP contribution in [-0.4, -0.2) is 10.5 Å². The highest BCUT2D eigenvalue weighted by molar-refractivity contribution is 9.10. The Labute approximate surface area is 161 Å². The quantitative estimate of drug-likeness (QED) is 0.272. The fourth-order valence-electron chi connectivity index (χ4n) is 3.09. The second-order valence-electron chi connectivity index (χ2n) is 6.00. The number of hydrogen-bond acceptors (Lipinski definition) is 3. The summed E-state index contributed by atoms with van der Waals surface area (Å²) in [6.07, 6.45) is 0. The van der Waals surface area contributed by atoms with E-state index in [0.29, 0.717) is 26.3 Å². The topological polar surface area (TPSA) is 48.3 Å². The Morgan fingerprint density at radius 1 is 0.963 bits per heavy atom. The summed E-state index contributed by atoms with van der Waals surface area (Å²) in [6.45, 7) is -0.156. The van der Waals surface area contributed by atoms with Crippen molar-refractivity contribution in [3.8, 4) is 5.75 Å². The van der Waals surface area contributed by atoms with Crippen LogP contribution in [0, 0.1) is 5.82 Å². The molecule has 0 bridgehead atoms. The van der Waals surface area contributed by atoms with Gasteiger partial charge in [-0.2, -0.15) is 0 Å². The molecule has 4 rings (SSSR count). The molecule has 3 aromatic carbocycles. The molecular formula is C21H13BrFNO3. The number of rotatable bonds is 3. The van der Waals surface area contributed by atoms with Gasteiger partial charge in [0.1, 0.15) is 6.54 Å². The van der Waals surface area contributed by atoms with Crippen LogP contribution < -0.4 is 10.2 Å². The lowest BCUT2D eigenvalue weighted by atomic mass is 10.1. The lowest BCUT2D eigenvalue weighted by molar-refractivity contribution is -0.135. The zero-order valence-electron chi connectivity index (χ0n) is 14.0. The van der Waals surface area contributed by atoms with Crippen LogP contribution in [0.4, 0.5) is 4.39 Å². The standard InChI is InChI=1S/C21H13BrFNO3/c22-13-9-10-19(16(23)11-13)27-20(25)12-24-17-7-3-1-5-14(17)21(26)15-6-2-4-8-18(15)24/h1-11H,12H2. The number of carbonyl (C=O) groups excluding carboxylic acids is 1. The van der Waals surface area contributed by atoms with Crippen LogP contribution >= 0.6 is 15.9 Å². The number of pyridine rings is 1. The molecule has 0 amide bonds. The highest BCUT2D eigenvalue weighted by Gasteiger charge is 2.15. The molecule has 1 heterocycles. The van der Waals surface area contributed by atoms with Gasteiger partial charge in [0, 0.05) is 15.2 Å². The summed E-state index contributed by atoms with van der Waals surface area (Å²) in [5, 5.41) is 1.03. The molecule has 134 valence electrons. The van der Waals surface area contributed by atoms with Crippen LogP contribution in [-0.2, 0) is 11.3 Å². The van der Waals surface area contributed by atoms with Gasteiger partial charge in [-0.05, 0) is 42.5 Å². The summed E-state index contributed by atoms with van der Waals surface area (Å²) in [6, 6.07) is 18.4. The Morgan fingerprint density at radius 2 is 1.56 bits per heavy atom. The number of carbonyl (C=O) groups is 1. The zero-order valence-corrected chi connectivity index (χ0v) is 15.6. The van der Waals surface area contributed by atoms with Crippen molar-refractivity contribution in [3.05, 3.63) is 87.2 Å². The van der Waals surface area contributed by atoms with E-state index in [4.69, 9.17) is 4.74 Å². The number of para-hydroxylation sites is 2. The van der Waals surface area contributed by atoms with E-state index in [-0.39, 0.29) is 17.7 Å². The maximum absolute atomic E-state index is 14.0. The molecule has 0 spiro atoms. The van der Waals surface area contributed by atoms with E-state index in [2.05, 4.69) is 15.9 Å². The molecule has 0 aliphatic rings. The minimum Gasteiger partial charge on any atom is -0.422 e. The summed E-state index contributed by atoms with van der Waals surface area (Å²) in [4.78, 5) is 25.2. The van der Waals surface area contributed by atoms with Crippen molar-refractivity contribution >= 4 is 43.7 Å². The van der Waals surface area contributed by atoms with Gasteiger partial charge in [0.2, 0.25) is 0 Å². The second kappa shape index (κ2) is 6.96. The summed E-state index contributed by atoms with van der Waals surface area (Å²) in [7, 11) is 0. The minimum absolute atomic E-state index is 0.0928. The number of hydrogen-bond donors (Lipinski definition) is 0. The average molecular weight is 426 g/mol. The first-order valence-corrected chi connectivity index (χ1v) is 9.00. The van der Waals surface area contributed by atoms with Gasteiger partial charge < -0.3 is 9.30 Å². The number of ether oxygens (including phenoxy) is 1. The SMILES string of the molecule is O=C(Cn1c2ccccc2c(=O)c2ccccc21)Oc1ccc(Br)cc1F. The first-order valence-electron chi connectivity index (χ1n) is 8.20. The van der Waals surface area contributed by atoms with Crippen LogP contribution in [0.3, 0.4) is 0 Å². The van der Waals surface area contributed by atoms with Crippen molar-refractivity contribution in [2.45, 2.75) is 6.54 Å². The lowest BCUT2D eigenvalue weighted by Gasteiger charge is -2.14. The second-order valence-corrected chi connectivity index (χ2v) is 6.91. The van der Waals surface area contributed by atoms with Crippen molar-refractivity contribution in [3.63, 3.8) is 0 Å². The number of nitrogens with zero attached hydrogens (tertiary/aromatic N) is 1. The molecule has 6 heteroatoms. The van der Waals surface area contributed by atoms with Crippen LogP contribution in [0.1, 0.15) is 0 Å². The molecule has 0 aliphatic heterocycles. The van der Waals surface area contributed by atoms with Gasteiger partial charge in [0.15, 0.2) is 17.0 Å². The first-order chi connectivity index (χ1) is 13.0. The zero-order chi connectivity index (χ0) is 19.0. The Morgan fingerprint density at radius 3 is 2.15 bits per heavy atom. The van der Waals surface area contributed by atoms with Crippen LogP contribution in [0.25, 0.3) is 21.8 Å². The maximum Gasteiger partial charge on any atom is 0.331 e. The molecule has 0 aliphatic carbocycles. The molecule has 0 fully saturated rings. The van der Waals surface area contributed by atoms with Gasteiger partial charge in [-0.3, -0.25) is 4.79 Å². The largest absolute Gasteiger partial charge is 0.422 e. The van der Waals surface area contributed by atoms with Gasteiger partial charge in [-0.1, -0.05) is 40.2 Å². The van der Waals surface area contributed by atoms with Crippen molar-refractivity contribution in [2.75, 3.05) is 0 Å². The molecular weight excluding hydrogens is 413 g/mol. The highest BCUT2D eigenvalue weighted by atomic mass is 79.9. The van der Waals surface area contributed by atoms with E-state index < -0.39 is 11.8 Å². The molecule has 0 N–H and O–H groups in total. The van der Waals surface area contributed by atoms with E-state index in [0.717, 1.165) is 0 Å². The molecule has 0 saturated carbocycles. The van der Waals surface area contributed by atoms with Gasteiger partial charge in [-0.15, -0.1) is 0 Å². The predicted molar refractivity (Wildman–Crippen MR) is 105 cm³/mol. The van der Waals surface area contributed by atoms with Gasteiger partial charge in [0.05, 0.1) is 11.0 Å². The minimum atomic E-state index is -0.632. The lowest BCUT2D eigenvalue weighted by Crippen LogP contribution is -2.20. The van der Waals surface area contributed by atoms with E-state index in [1.54, 1.807) is 59.2 Å².